The number of carbonyl (C=O) groups excluding carboxylic acids is 1. The predicted molar refractivity (Wildman–Crippen MR) is 69.1 cm³/mol. The van der Waals surface area contributed by atoms with Crippen molar-refractivity contribution in [3.8, 4) is 0 Å². The number of para-hydroxylation sites is 1. The summed E-state index contributed by atoms with van der Waals surface area (Å²) in [6, 6.07) is 7.73. The molecule has 0 radical (unpaired) electrons. The third-order valence-corrected chi connectivity index (χ3v) is 4.37. The van der Waals surface area contributed by atoms with Gasteiger partial charge in [0.2, 0.25) is 5.91 Å². The van der Waals surface area contributed by atoms with Crippen LogP contribution < -0.4 is 5.32 Å². The van der Waals surface area contributed by atoms with Crippen LogP contribution in [0.1, 0.15) is 13.0 Å². The fourth-order valence-corrected chi connectivity index (χ4v) is 3.23. The zero-order chi connectivity index (χ0) is 11.3. The van der Waals surface area contributed by atoms with Crippen molar-refractivity contribution in [1.29, 1.82) is 0 Å². The minimum atomic E-state index is -0.984. The lowest BCUT2D eigenvalue weighted by molar-refractivity contribution is -0.124. The van der Waals surface area contributed by atoms with Crippen molar-refractivity contribution in [3.05, 3.63) is 29.8 Å². The van der Waals surface area contributed by atoms with Gasteiger partial charge in [-0.05, 0) is 11.6 Å². The molecule has 2 heterocycles. The molecule has 1 saturated heterocycles. The number of amides is 1. The predicted octanol–water partition coefficient (Wildman–Crippen LogP) is 1.12. The van der Waals surface area contributed by atoms with E-state index < -0.39 is 16.4 Å². The van der Waals surface area contributed by atoms with Crippen molar-refractivity contribution in [3.63, 3.8) is 0 Å². The summed E-state index contributed by atoms with van der Waals surface area (Å²) in [7, 11) is -0.984. The van der Waals surface area contributed by atoms with Gasteiger partial charge in [-0.1, -0.05) is 25.6 Å². The molecule has 1 unspecified atom stereocenters. The number of rotatable bonds is 1. The fourth-order valence-electron chi connectivity index (χ4n) is 2.43. The Morgan fingerprint density at radius 2 is 2.00 bits per heavy atom. The summed E-state index contributed by atoms with van der Waals surface area (Å²) >= 11 is 0. The summed E-state index contributed by atoms with van der Waals surface area (Å²) in [6.45, 7) is 1.11. The number of hydrogen-bond donors (Lipinski definition) is 1. The molecule has 1 atom stereocenters. The number of hydrogen-bond acceptors (Lipinski definition) is 2. The molecule has 17 heavy (non-hydrogen) atoms. The second-order valence-electron chi connectivity index (χ2n) is 4.30. The van der Waals surface area contributed by atoms with Crippen LogP contribution in [0.15, 0.2) is 24.3 Å². The van der Waals surface area contributed by atoms with Crippen molar-refractivity contribution in [2.75, 3.05) is 24.7 Å². The van der Waals surface area contributed by atoms with Gasteiger partial charge in [0, 0.05) is 25.0 Å². The molecule has 1 aromatic rings. The molecule has 0 aliphatic carbocycles. The lowest BCUT2D eigenvalue weighted by atomic mass is 9.76. The van der Waals surface area contributed by atoms with Crippen molar-refractivity contribution >= 4 is 22.6 Å². The van der Waals surface area contributed by atoms with E-state index in [0.717, 1.165) is 11.3 Å². The number of nitrogens with zero attached hydrogens (tertiary/aromatic N) is 1. The Morgan fingerprint density at radius 1 is 1.35 bits per heavy atom. The number of fused-ring (bicyclic) bond motifs is 2. The zero-order valence-electron chi connectivity index (χ0n) is 8.90. The van der Waals surface area contributed by atoms with E-state index in [1.807, 2.05) is 28.6 Å². The molecule has 2 aliphatic heterocycles. The number of benzene rings is 1. The van der Waals surface area contributed by atoms with Gasteiger partial charge in [0.15, 0.2) is 0 Å². The van der Waals surface area contributed by atoms with Gasteiger partial charge < -0.3 is 5.32 Å². The van der Waals surface area contributed by atoms with E-state index in [4.69, 9.17) is 0 Å². The van der Waals surface area contributed by atoms with Crippen molar-refractivity contribution in [1.82, 2.24) is 4.31 Å². The molecule has 0 aromatic heterocycles. The van der Waals surface area contributed by atoms with Crippen molar-refractivity contribution < 1.29 is 9.00 Å². The van der Waals surface area contributed by atoms with Crippen LogP contribution in [0.5, 0.6) is 0 Å². The minimum absolute atomic E-state index is 0. The first-order chi connectivity index (χ1) is 7.63. The van der Waals surface area contributed by atoms with E-state index in [1.54, 1.807) is 6.26 Å². The molecular formula is C12H16N2O2S. The maximum Gasteiger partial charge on any atom is 0.237 e. The second-order valence-corrected chi connectivity index (χ2v) is 5.67. The lowest BCUT2D eigenvalue weighted by Crippen LogP contribution is -2.62. The van der Waals surface area contributed by atoms with Gasteiger partial charge in [0.1, 0.15) is 5.41 Å². The van der Waals surface area contributed by atoms with E-state index in [-0.39, 0.29) is 13.3 Å². The largest absolute Gasteiger partial charge is 0.325 e. The Labute approximate surface area is 104 Å². The standard InChI is InChI=1S/C11H12N2O2S.CH4/c1-16(15)13-6-11(7-13)8-4-2-3-5-9(8)12-10(11)14;/h2-5H,6-7H2,1H3,(H,12,14);1H4. The monoisotopic (exact) mass is 252 g/mol. The van der Waals surface area contributed by atoms with Crippen LogP contribution in [-0.4, -0.2) is 33.8 Å². The molecule has 4 nitrogen and oxygen atoms in total. The van der Waals surface area contributed by atoms with Crippen LogP contribution in [0.3, 0.4) is 0 Å². The van der Waals surface area contributed by atoms with E-state index in [9.17, 15) is 9.00 Å². The lowest BCUT2D eigenvalue weighted by Gasteiger charge is -2.44. The molecule has 0 bridgehead atoms. The smallest absolute Gasteiger partial charge is 0.237 e. The summed E-state index contributed by atoms with van der Waals surface area (Å²) in [5, 5.41) is 2.89. The topological polar surface area (TPSA) is 49.4 Å². The maximum absolute atomic E-state index is 12.0. The molecule has 1 amide bonds. The average molecular weight is 252 g/mol. The molecule has 1 N–H and O–H groups in total. The SMILES string of the molecule is C.CS(=O)N1CC2(C1)C(=O)Nc1ccccc12. The van der Waals surface area contributed by atoms with Crippen LogP contribution in [0.4, 0.5) is 5.69 Å². The van der Waals surface area contributed by atoms with Crippen LogP contribution in [-0.2, 0) is 21.2 Å². The first-order valence-electron chi connectivity index (χ1n) is 5.13. The van der Waals surface area contributed by atoms with Gasteiger partial charge in [-0.15, -0.1) is 0 Å². The first-order valence-corrected chi connectivity index (χ1v) is 6.64. The Balaban J connectivity index is 0.00000108. The Kier molecular flexibility index (Phi) is 2.83. The average Bonchev–Trinajstić information content (AvgIpc) is 2.47. The highest BCUT2D eigenvalue weighted by Crippen LogP contribution is 2.44. The highest BCUT2D eigenvalue weighted by molar-refractivity contribution is 7.81. The van der Waals surface area contributed by atoms with Gasteiger partial charge in [-0.3, -0.25) is 4.79 Å². The Hall–Kier alpha value is -1.20. The van der Waals surface area contributed by atoms with Gasteiger partial charge in [0.05, 0.1) is 11.0 Å². The fraction of sp³-hybridized carbons (Fsp3) is 0.417. The van der Waals surface area contributed by atoms with E-state index in [1.165, 1.54) is 0 Å². The van der Waals surface area contributed by atoms with Gasteiger partial charge in [-0.25, -0.2) is 8.51 Å². The summed E-state index contributed by atoms with van der Waals surface area (Å²) in [6.07, 6.45) is 1.64. The van der Waals surface area contributed by atoms with Gasteiger partial charge in [-0.2, -0.15) is 0 Å². The van der Waals surface area contributed by atoms with Crippen LogP contribution in [0.2, 0.25) is 0 Å². The van der Waals surface area contributed by atoms with Crippen LogP contribution >= 0.6 is 0 Å². The summed E-state index contributed by atoms with van der Waals surface area (Å²) < 4.78 is 13.1. The van der Waals surface area contributed by atoms with E-state index in [2.05, 4.69) is 5.32 Å². The molecule has 5 heteroatoms. The normalized spacial score (nSPS) is 22.3. The molecule has 0 saturated carbocycles. The molecular weight excluding hydrogens is 236 g/mol. The molecule has 92 valence electrons. The number of anilines is 1. The van der Waals surface area contributed by atoms with Crippen LogP contribution in [0, 0.1) is 0 Å². The maximum atomic E-state index is 12.0. The van der Waals surface area contributed by atoms with E-state index >= 15 is 0 Å². The minimum Gasteiger partial charge on any atom is -0.325 e. The van der Waals surface area contributed by atoms with Crippen molar-refractivity contribution in [2.45, 2.75) is 12.8 Å². The third kappa shape index (κ3) is 1.53. The number of carbonyl (C=O) groups is 1. The first kappa shape index (κ1) is 12.3. The van der Waals surface area contributed by atoms with Crippen LogP contribution in [0.25, 0.3) is 0 Å². The molecule has 1 spiro atoms. The molecule has 2 aliphatic rings. The van der Waals surface area contributed by atoms with E-state index in [0.29, 0.717) is 13.1 Å². The zero-order valence-corrected chi connectivity index (χ0v) is 9.71. The Morgan fingerprint density at radius 3 is 2.65 bits per heavy atom. The molecule has 1 fully saturated rings. The highest BCUT2D eigenvalue weighted by Gasteiger charge is 2.55. The van der Waals surface area contributed by atoms with Gasteiger partial charge in [0.25, 0.3) is 0 Å². The van der Waals surface area contributed by atoms with Crippen molar-refractivity contribution in [2.24, 2.45) is 0 Å². The second kappa shape index (κ2) is 3.92. The summed E-state index contributed by atoms with van der Waals surface area (Å²) in [5.41, 5.74) is 1.48. The summed E-state index contributed by atoms with van der Waals surface area (Å²) in [5.74, 6) is 0.0374. The highest BCUT2D eigenvalue weighted by atomic mass is 32.2. The summed E-state index contributed by atoms with van der Waals surface area (Å²) in [4.78, 5) is 12.0. The quantitative estimate of drug-likeness (QED) is 0.814. The number of nitrogens with one attached hydrogen (secondary N) is 1. The Bertz CT molecular complexity index is 495. The molecule has 1 aromatic carbocycles. The van der Waals surface area contributed by atoms with Gasteiger partial charge >= 0.3 is 0 Å². The molecule has 3 rings (SSSR count). The third-order valence-electron chi connectivity index (χ3n) is 3.38.